The molecule has 0 N–H and O–H groups in total. The SMILES string of the molecule is CCCCCC=C(C)C(C)CCCCC. The summed E-state index contributed by atoms with van der Waals surface area (Å²) in [7, 11) is 0. The molecule has 1 unspecified atom stereocenters. The summed E-state index contributed by atoms with van der Waals surface area (Å²) in [5.74, 6) is 0.804. The maximum absolute atomic E-state index is 2.46. The predicted octanol–water partition coefficient (Wildman–Crippen LogP) is 5.73. The smallest absolute Gasteiger partial charge is 0.0234 e. The van der Waals surface area contributed by atoms with Crippen LogP contribution in [0.2, 0.25) is 0 Å². The van der Waals surface area contributed by atoms with E-state index >= 15 is 0 Å². The maximum atomic E-state index is 2.46. The molecule has 0 spiro atoms. The van der Waals surface area contributed by atoms with Crippen LogP contribution in [0.4, 0.5) is 0 Å². The first-order valence-corrected chi connectivity index (χ1v) is 6.89. The molecule has 0 aromatic rings. The van der Waals surface area contributed by atoms with Crippen LogP contribution in [-0.4, -0.2) is 0 Å². The van der Waals surface area contributed by atoms with Crippen molar-refractivity contribution in [3.8, 4) is 0 Å². The van der Waals surface area contributed by atoms with E-state index in [1.807, 2.05) is 0 Å². The Morgan fingerprint density at radius 3 is 2.20 bits per heavy atom. The van der Waals surface area contributed by atoms with Crippen molar-refractivity contribution in [2.45, 2.75) is 79.1 Å². The van der Waals surface area contributed by atoms with Gasteiger partial charge < -0.3 is 0 Å². The Hall–Kier alpha value is -0.260. The zero-order valence-electron chi connectivity index (χ0n) is 11.3. The molecule has 90 valence electrons. The summed E-state index contributed by atoms with van der Waals surface area (Å²) in [6.45, 7) is 9.23. The fourth-order valence-electron chi connectivity index (χ4n) is 1.85. The predicted molar refractivity (Wildman–Crippen MR) is 71.2 cm³/mol. The molecule has 0 fully saturated rings. The molecule has 0 aliphatic carbocycles. The van der Waals surface area contributed by atoms with Crippen molar-refractivity contribution in [1.82, 2.24) is 0 Å². The van der Waals surface area contributed by atoms with Gasteiger partial charge in [-0.2, -0.15) is 0 Å². The lowest BCUT2D eigenvalue weighted by molar-refractivity contribution is 0.551. The van der Waals surface area contributed by atoms with Gasteiger partial charge in [-0.15, -0.1) is 0 Å². The van der Waals surface area contributed by atoms with Gasteiger partial charge in [-0.25, -0.2) is 0 Å². The Bertz CT molecular complexity index is 155. The average molecular weight is 210 g/mol. The van der Waals surface area contributed by atoms with Gasteiger partial charge in [0.15, 0.2) is 0 Å². The van der Waals surface area contributed by atoms with E-state index in [1.165, 1.54) is 51.4 Å². The Balaban J connectivity index is 3.61. The second-order valence-electron chi connectivity index (χ2n) is 4.84. The number of hydrogen-bond donors (Lipinski definition) is 0. The lowest BCUT2D eigenvalue weighted by atomic mass is 9.95. The summed E-state index contributed by atoms with van der Waals surface area (Å²) in [4.78, 5) is 0. The van der Waals surface area contributed by atoms with Crippen molar-refractivity contribution >= 4 is 0 Å². The molecule has 0 amide bonds. The van der Waals surface area contributed by atoms with Crippen molar-refractivity contribution in [2.24, 2.45) is 5.92 Å². The number of hydrogen-bond acceptors (Lipinski definition) is 0. The quantitative estimate of drug-likeness (QED) is 0.337. The second-order valence-corrected chi connectivity index (χ2v) is 4.84. The monoisotopic (exact) mass is 210 g/mol. The van der Waals surface area contributed by atoms with Crippen molar-refractivity contribution in [3.05, 3.63) is 11.6 Å². The van der Waals surface area contributed by atoms with Gasteiger partial charge in [0.25, 0.3) is 0 Å². The number of rotatable bonds is 9. The first kappa shape index (κ1) is 14.7. The van der Waals surface area contributed by atoms with Crippen LogP contribution >= 0.6 is 0 Å². The molecule has 1 atom stereocenters. The highest BCUT2D eigenvalue weighted by Gasteiger charge is 2.02. The van der Waals surface area contributed by atoms with E-state index < -0.39 is 0 Å². The molecule has 0 aromatic heterocycles. The third-order valence-electron chi connectivity index (χ3n) is 3.29. The van der Waals surface area contributed by atoms with E-state index in [1.54, 1.807) is 5.57 Å². The van der Waals surface area contributed by atoms with Gasteiger partial charge in [0.1, 0.15) is 0 Å². The van der Waals surface area contributed by atoms with Crippen LogP contribution in [0.1, 0.15) is 79.1 Å². The summed E-state index contributed by atoms with van der Waals surface area (Å²) >= 11 is 0. The topological polar surface area (TPSA) is 0 Å². The van der Waals surface area contributed by atoms with E-state index in [-0.39, 0.29) is 0 Å². The van der Waals surface area contributed by atoms with Crippen LogP contribution in [0.15, 0.2) is 11.6 Å². The van der Waals surface area contributed by atoms with Crippen molar-refractivity contribution in [1.29, 1.82) is 0 Å². The molecule has 0 aliphatic heterocycles. The highest BCUT2D eigenvalue weighted by atomic mass is 14.1. The van der Waals surface area contributed by atoms with E-state index in [9.17, 15) is 0 Å². The molecule has 15 heavy (non-hydrogen) atoms. The van der Waals surface area contributed by atoms with Crippen LogP contribution in [-0.2, 0) is 0 Å². The third-order valence-corrected chi connectivity index (χ3v) is 3.29. The van der Waals surface area contributed by atoms with E-state index in [0.717, 1.165) is 5.92 Å². The van der Waals surface area contributed by atoms with Gasteiger partial charge in [-0.05, 0) is 32.1 Å². The molecule has 0 heterocycles. The van der Waals surface area contributed by atoms with Gasteiger partial charge in [0.2, 0.25) is 0 Å². The van der Waals surface area contributed by atoms with Crippen molar-refractivity contribution in [3.63, 3.8) is 0 Å². The van der Waals surface area contributed by atoms with Crippen LogP contribution in [0.25, 0.3) is 0 Å². The van der Waals surface area contributed by atoms with Crippen molar-refractivity contribution in [2.75, 3.05) is 0 Å². The zero-order valence-corrected chi connectivity index (χ0v) is 11.3. The Labute approximate surface area is 97.2 Å². The summed E-state index contributed by atoms with van der Waals surface area (Å²) in [5, 5.41) is 0. The minimum Gasteiger partial charge on any atom is -0.0853 e. The summed E-state index contributed by atoms with van der Waals surface area (Å²) in [6, 6.07) is 0. The maximum Gasteiger partial charge on any atom is -0.0234 e. The number of allylic oxidation sites excluding steroid dienone is 2. The molecular weight excluding hydrogens is 180 g/mol. The highest BCUT2D eigenvalue weighted by Crippen LogP contribution is 2.18. The normalized spacial score (nSPS) is 14.3. The Kier molecular flexibility index (Phi) is 10.1. The molecule has 0 heteroatoms. The minimum absolute atomic E-state index is 0.804. The van der Waals surface area contributed by atoms with Crippen LogP contribution in [0, 0.1) is 5.92 Å². The standard InChI is InChI=1S/C15H30/c1-5-7-9-11-13-15(4)14(3)12-10-8-6-2/h13-14H,5-12H2,1-4H3. The number of unbranched alkanes of at least 4 members (excludes halogenated alkanes) is 5. The Morgan fingerprint density at radius 2 is 1.60 bits per heavy atom. The first-order chi connectivity index (χ1) is 7.22. The second kappa shape index (κ2) is 10.3. The van der Waals surface area contributed by atoms with E-state index in [4.69, 9.17) is 0 Å². The largest absolute Gasteiger partial charge is 0.0853 e. The molecule has 0 rings (SSSR count). The molecule has 0 bridgehead atoms. The van der Waals surface area contributed by atoms with E-state index in [2.05, 4.69) is 33.8 Å². The fourth-order valence-corrected chi connectivity index (χ4v) is 1.85. The van der Waals surface area contributed by atoms with Crippen molar-refractivity contribution < 1.29 is 0 Å². The molecule has 0 aromatic carbocycles. The lowest BCUT2D eigenvalue weighted by Gasteiger charge is -2.11. The van der Waals surface area contributed by atoms with Crippen LogP contribution in [0.5, 0.6) is 0 Å². The van der Waals surface area contributed by atoms with Gasteiger partial charge in [0, 0.05) is 0 Å². The van der Waals surface area contributed by atoms with Gasteiger partial charge >= 0.3 is 0 Å². The van der Waals surface area contributed by atoms with Gasteiger partial charge in [0.05, 0.1) is 0 Å². The van der Waals surface area contributed by atoms with Gasteiger partial charge in [-0.3, -0.25) is 0 Å². The highest BCUT2D eigenvalue weighted by molar-refractivity contribution is 5.01. The van der Waals surface area contributed by atoms with Crippen LogP contribution in [0.3, 0.4) is 0 Å². The molecule has 0 aliphatic rings. The van der Waals surface area contributed by atoms with E-state index in [0.29, 0.717) is 0 Å². The summed E-state index contributed by atoms with van der Waals surface area (Å²) in [5.41, 5.74) is 1.61. The Morgan fingerprint density at radius 1 is 1.00 bits per heavy atom. The summed E-state index contributed by atoms with van der Waals surface area (Å²) < 4.78 is 0. The average Bonchev–Trinajstić information content (AvgIpc) is 2.24. The molecule has 0 nitrogen and oxygen atoms in total. The van der Waals surface area contributed by atoms with Crippen LogP contribution < -0.4 is 0 Å². The first-order valence-electron chi connectivity index (χ1n) is 6.89. The summed E-state index contributed by atoms with van der Waals surface area (Å²) in [6.07, 6.45) is 13.4. The molecule has 0 saturated carbocycles. The van der Waals surface area contributed by atoms with Gasteiger partial charge in [-0.1, -0.05) is 64.5 Å². The molecular formula is C15H30. The third kappa shape index (κ3) is 8.72. The molecule has 0 saturated heterocycles. The fraction of sp³-hybridized carbons (Fsp3) is 0.867. The minimum atomic E-state index is 0.804. The lowest BCUT2D eigenvalue weighted by Crippen LogP contribution is -1.96. The zero-order chi connectivity index (χ0) is 11.5. The molecule has 0 radical (unpaired) electrons.